The fourth-order valence-corrected chi connectivity index (χ4v) is 0. The molecule has 0 aliphatic rings. The molecule has 0 aromatic carbocycles. The minimum Gasteiger partial charge on any atom is -0.120 e. The predicted octanol–water partition coefficient (Wildman–Crippen LogP) is 37.2. The highest BCUT2D eigenvalue weighted by Gasteiger charge is 1.36. The first-order chi connectivity index (χ1) is 17.0. The molecule has 0 aliphatic heterocycles. The van der Waals surface area contributed by atoms with E-state index in [-0.39, 0.29) is 304 Å². The van der Waals surface area contributed by atoms with E-state index >= 15 is 0 Å². The van der Waals surface area contributed by atoms with Crippen LogP contribution in [0.1, 0.15) is 449 Å². The number of hydrogen-bond donors (Lipinski definition) is 0. The molecule has 0 N–H and O–H groups in total. The highest BCUT2D eigenvalue weighted by Crippen LogP contribution is 1.57. The lowest BCUT2D eigenvalue weighted by Gasteiger charge is -1.48. The molecule has 0 nitrogen and oxygen atoms in total. The van der Waals surface area contributed by atoms with Crippen LogP contribution >= 0.6 is 0 Å². The van der Waals surface area contributed by atoms with Gasteiger partial charge in [0.15, 0.2) is 0 Å². The first-order valence-electron chi connectivity index (χ1n) is 12.6. The SMILES string of the molecule is C.C.C.C.C.C.C.C.C.C.C.C.C.C.C.C.C.C.C.C.C.C.C.C.C.C.C.C.C.C.C.C.C.C.C.C.C.C.C.C.C.C#CC.C#CC.C#CC.C#CC.C#CC.C#CC.C#CC.CCC.CCC.CCC.CCC.[3H]CC. The number of hydrogen-bond acceptors (Lipinski definition) is 0. The molecule has 0 unspecified atom stereocenters. The Hall–Kier alpha value is -3.08. The normalized spacial score (nSPS) is 1.93. The third-order valence-corrected chi connectivity index (χ3v) is 0. The summed E-state index contributed by atoms with van der Waals surface area (Å²) in [6, 6.07) is 0. The van der Waals surface area contributed by atoms with E-state index in [4.69, 9.17) is 1.37 Å². The number of terminal acetylenes is 7. The monoisotopic (exact) mass is 1150 g/mol. The number of rotatable bonds is 0. The van der Waals surface area contributed by atoms with Crippen LogP contribution < -0.4 is 0 Å². The van der Waals surface area contributed by atoms with E-state index in [1.807, 2.05) is 0 Å². The third-order valence-electron chi connectivity index (χ3n) is 0. The fourth-order valence-electron chi connectivity index (χ4n) is 0. The van der Waals surface area contributed by atoms with E-state index in [2.05, 4.69) is 142 Å². The molecule has 0 fully saturated rings. The Morgan fingerprint density at radius 3 is 0.184 bits per heavy atom. The summed E-state index contributed by atoms with van der Waals surface area (Å²) in [6.45, 7) is 30.9. The lowest BCUT2D eigenvalue weighted by molar-refractivity contribution is 1.09. The lowest BCUT2D eigenvalue weighted by atomic mass is 10.6. The van der Waals surface area contributed by atoms with Crippen LogP contribution in [0.4, 0.5) is 0 Å². The van der Waals surface area contributed by atoms with Gasteiger partial charge in [-0.3, -0.25) is 0 Å². The van der Waals surface area contributed by atoms with Crippen LogP contribution in [-0.4, -0.2) is 0 Å². The maximum absolute atomic E-state index is 6.21. The lowest BCUT2D eigenvalue weighted by Crippen LogP contribution is -1.27. The van der Waals surface area contributed by atoms with E-state index in [9.17, 15) is 0 Å². The fraction of sp³-hybridized carbons (Fsp3) is 0.816. The van der Waals surface area contributed by atoms with Gasteiger partial charge >= 0.3 is 0 Å². The summed E-state index contributed by atoms with van der Waals surface area (Å²) < 4.78 is 6.21. The molecule has 0 atom stereocenters. The zero-order chi connectivity index (χ0) is 32.5. The predicted molar refractivity (Wildman–Crippen MR) is 453 cm³/mol. The maximum Gasteiger partial charge on any atom is 0.0228 e. The molecule has 0 amide bonds. The molecule has 76 heavy (non-hydrogen) atoms. The molecule has 0 radical (unpaired) electrons. The van der Waals surface area contributed by atoms with Crippen molar-refractivity contribution in [3.05, 3.63) is 0 Å². The van der Waals surface area contributed by atoms with Crippen LogP contribution in [0, 0.1) is 86.4 Å². The van der Waals surface area contributed by atoms with Gasteiger partial charge in [-0.25, -0.2) is 0 Å². The third kappa shape index (κ3) is 36500. The van der Waals surface area contributed by atoms with Gasteiger partial charge in [-0.1, -0.05) is 399 Å². The van der Waals surface area contributed by atoms with Crippen molar-refractivity contribution in [2.45, 2.75) is 448 Å². The first-order valence-corrected chi connectivity index (χ1v) is 11.9. The second kappa shape index (κ2) is 5770. The molecule has 0 saturated carbocycles. The smallest absolute Gasteiger partial charge is 0.0228 e. The van der Waals surface area contributed by atoms with Crippen LogP contribution in [0.5, 0.6) is 0 Å². The molecule has 0 bridgehead atoms. The minimum absolute atomic E-state index is 0. The molecule has 0 heterocycles. The van der Waals surface area contributed by atoms with Crippen molar-refractivity contribution < 1.29 is 1.37 Å². The molecule has 0 rings (SSSR count). The average molecular weight is 1150 g/mol. The van der Waals surface area contributed by atoms with Crippen LogP contribution in [0.15, 0.2) is 0 Å². The van der Waals surface area contributed by atoms with Crippen LogP contribution in [0.2, 0.25) is 0 Å². The Morgan fingerprint density at radius 2 is 0.184 bits per heavy atom. The zero-order valence-corrected chi connectivity index (χ0v) is 27.1. The summed E-state index contributed by atoms with van der Waals surface area (Å²) in [5.74, 6) is 15.8. The van der Waals surface area contributed by atoms with Crippen molar-refractivity contribution in [2.75, 3.05) is 0 Å². The summed E-state index contributed by atoms with van der Waals surface area (Å²) in [5.41, 5.74) is 0. The largest absolute Gasteiger partial charge is 0.120 e. The average Bonchev–Trinajstić information content (AvgIpc) is 2.75. The molecule has 534 valence electrons. The van der Waals surface area contributed by atoms with Crippen molar-refractivity contribution in [2.24, 2.45) is 0 Å². The van der Waals surface area contributed by atoms with Crippen LogP contribution in [0.25, 0.3) is 0 Å². The van der Waals surface area contributed by atoms with Gasteiger partial charge in [0.05, 0.1) is 0 Å². The Morgan fingerprint density at radius 1 is 0.184 bits per heavy atom. The quantitative estimate of drug-likeness (QED) is 0.212. The first kappa shape index (κ1) is 862. The van der Waals surface area contributed by atoms with Gasteiger partial charge < -0.3 is 0 Å². The van der Waals surface area contributed by atoms with Gasteiger partial charge in [0, 0.05) is 1.37 Å². The molecule has 0 saturated heterocycles. The zero-order valence-electron chi connectivity index (χ0n) is 28.1. The van der Waals surface area contributed by atoms with Gasteiger partial charge in [-0.05, 0) is 48.5 Å². The Bertz CT molecular complexity index is 334. The van der Waals surface area contributed by atoms with Crippen LogP contribution in [-0.2, 0) is 0 Å². The van der Waals surface area contributed by atoms with E-state index in [1.54, 1.807) is 55.4 Å². The van der Waals surface area contributed by atoms with E-state index in [1.165, 1.54) is 25.7 Å². The van der Waals surface area contributed by atoms with Gasteiger partial charge in [0.1, 0.15) is 0 Å². The molecular weight excluding hydrogens is 913 g/mol. The van der Waals surface area contributed by atoms with E-state index in [0.717, 1.165) is 0 Å². The molecule has 0 aromatic rings. The molecule has 0 aliphatic carbocycles. The van der Waals surface area contributed by atoms with Crippen molar-refractivity contribution in [1.29, 1.82) is 0 Å². The Kier molecular flexibility index (Phi) is 65400. The van der Waals surface area contributed by atoms with Gasteiger partial charge in [0.2, 0.25) is 0 Å². The standard InChI is InChI=1S/4C3H8.7C3H4.C2H6.41CH4/c11*1-3-2;1-2;;;;;;;;;;;;;;;;;;;;;;;;;;;;;;;;;;;;;;;;;/h4*3H2,1-2H3;7*1H,2H3;1-2H3;41*1H4/i;;;;;;;;;;;1T;;;;;;;;;;;;;;;;;;;;;;;;;;;;;;;;;;;;;;;;;. The summed E-state index contributed by atoms with van der Waals surface area (Å²) >= 11 is 0. The van der Waals surface area contributed by atoms with E-state index < -0.39 is 0 Å². The van der Waals surface area contributed by atoms with Gasteiger partial charge in [-0.2, -0.15) is 0 Å². The molecular formula is C76H230. The minimum atomic E-state index is 0. The highest BCUT2D eigenvalue weighted by atomic mass is 13.4. The molecule has 0 heteroatoms. The van der Waals surface area contributed by atoms with Crippen molar-refractivity contribution in [3.8, 4) is 86.4 Å². The summed E-state index contributed by atoms with van der Waals surface area (Å²) in [7, 11) is 0. The van der Waals surface area contributed by atoms with Crippen molar-refractivity contribution in [3.63, 3.8) is 0 Å². The highest BCUT2D eigenvalue weighted by molar-refractivity contribution is 4.75. The van der Waals surface area contributed by atoms with Crippen molar-refractivity contribution >= 4 is 0 Å². The maximum atomic E-state index is 6.21. The summed E-state index contributed by atoms with van der Waals surface area (Å²) in [5, 5.41) is 0. The van der Waals surface area contributed by atoms with Crippen molar-refractivity contribution in [1.82, 2.24) is 0 Å². The summed E-state index contributed by atoms with van der Waals surface area (Å²) in [4.78, 5) is 0. The summed E-state index contributed by atoms with van der Waals surface area (Å²) in [6.07, 6.45) is 37.2. The molecule has 0 aromatic heterocycles. The van der Waals surface area contributed by atoms with Gasteiger partial charge in [0.25, 0.3) is 0 Å². The second-order valence-electron chi connectivity index (χ2n) is 4.85. The topological polar surface area (TPSA) is 0 Å². The molecule has 0 spiro atoms. The van der Waals surface area contributed by atoms with E-state index in [0.29, 0.717) is 6.90 Å². The Balaban J connectivity index is -0.00000000153. The second-order valence-corrected chi connectivity index (χ2v) is 4.85. The Labute approximate surface area is 533 Å². The van der Waals surface area contributed by atoms with Crippen LogP contribution in [0.3, 0.4) is 0 Å². The van der Waals surface area contributed by atoms with Gasteiger partial charge in [-0.15, -0.1) is 86.4 Å².